The van der Waals surface area contributed by atoms with Crippen molar-refractivity contribution in [3.8, 4) is 5.75 Å². The molecule has 0 unspecified atom stereocenters. The molecule has 0 atom stereocenters. The van der Waals surface area contributed by atoms with Gasteiger partial charge in [-0.05, 0) is 19.1 Å². The summed E-state index contributed by atoms with van der Waals surface area (Å²) < 4.78 is 79.8. The van der Waals surface area contributed by atoms with Gasteiger partial charge in [0, 0.05) is 6.54 Å². The maximum atomic E-state index is 12.8. The first kappa shape index (κ1) is 20.9. The average molecular weight is 371 g/mol. The summed E-state index contributed by atoms with van der Waals surface area (Å²) in [6.45, 7) is 1.67. The predicted molar refractivity (Wildman–Crippen MR) is 81.6 cm³/mol. The molecule has 142 valence electrons. The number of para-hydroxylation sites is 1. The van der Waals surface area contributed by atoms with Gasteiger partial charge in [-0.15, -0.1) is 0 Å². The standard InChI is InChI=1S/C15H19F6N3O/c1-2-22-13(23-8-7-14(16,17)18)24-9-10-25-12-6-4-3-5-11(12)15(19,20)21/h3-6H,2,7-10H2,1H3,(H2,22,23,24). The summed E-state index contributed by atoms with van der Waals surface area (Å²) in [6.07, 6.45) is -9.89. The Morgan fingerprint density at radius 3 is 2.36 bits per heavy atom. The second-order valence-corrected chi connectivity index (χ2v) is 4.89. The second-order valence-electron chi connectivity index (χ2n) is 4.89. The molecule has 1 aromatic rings. The van der Waals surface area contributed by atoms with E-state index >= 15 is 0 Å². The minimum atomic E-state index is -4.53. The molecule has 0 amide bonds. The number of nitrogens with zero attached hydrogens (tertiary/aromatic N) is 1. The van der Waals surface area contributed by atoms with E-state index in [0.29, 0.717) is 6.54 Å². The van der Waals surface area contributed by atoms with Gasteiger partial charge in [-0.1, -0.05) is 12.1 Å². The number of hydrogen-bond acceptors (Lipinski definition) is 2. The molecular weight excluding hydrogens is 352 g/mol. The summed E-state index contributed by atoms with van der Waals surface area (Å²) in [6, 6.07) is 4.78. The predicted octanol–water partition coefficient (Wildman–Crippen LogP) is 3.59. The molecule has 10 heteroatoms. The molecule has 1 aromatic carbocycles. The largest absolute Gasteiger partial charge is 0.491 e. The van der Waals surface area contributed by atoms with Crippen LogP contribution in [0, 0.1) is 0 Å². The van der Waals surface area contributed by atoms with Gasteiger partial charge in [0.25, 0.3) is 0 Å². The van der Waals surface area contributed by atoms with E-state index in [4.69, 9.17) is 4.74 Å². The molecule has 0 bridgehead atoms. The maximum absolute atomic E-state index is 12.8. The molecule has 0 heterocycles. The van der Waals surface area contributed by atoms with Gasteiger partial charge in [0.1, 0.15) is 12.4 Å². The van der Waals surface area contributed by atoms with Crippen molar-refractivity contribution < 1.29 is 31.1 Å². The Balaban J connectivity index is 2.51. The number of hydrogen-bond donors (Lipinski definition) is 2. The number of aliphatic imine (C=N–C) groups is 1. The molecule has 0 aliphatic rings. The second kappa shape index (κ2) is 9.38. The van der Waals surface area contributed by atoms with Crippen LogP contribution in [0.1, 0.15) is 18.9 Å². The van der Waals surface area contributed by atoms with Gasteiger partial charge in [0.2, 0.25) is 0 Å². The van der Waals surface area contributed by atoms with Crippen molar-refractivity contribution in [2.45, 2.75) is 25.7 Å². The molecule has 0 radical (unpaired) electrons. The van der Waals surface area contributed by atoms with E-state index in [9.17, 15) is 26.3 Å². The lowest BCUT2D eigenvalue weighted by atomic mass is 10.2. The van der Waals surface area contributed by atoms with Gasteiger partial charge in [-0.25, -0.2) is 0 Å². The van der Waals surface area contributed by atoms with E-state index in [1.165, 1.54) is 18.2 Å². The molecule has 25 heavy (non-hydrogen) atoms. The quantitative estimate of drug-likeness (QED) is 0.333. The van der Waals surface area contributed by atoms with Crippen LogP contribution in [0.25, 0.3) is 0 Å². The van der Waals surface area contributed by atoms with Crippen LogP contribution >= 0.6 is 0 Å². The van der Waals surface area contributed by atoms with Gasteiger partial charge < -0.3 is 15.4 Å². The first-order chi connectivity index (χ1) is 11.6. The summed E-state index contributed by atoms with van der Waals surface area (Å²) >= 11 is 0. The van der Waals surface area contributed by atoms with Crippen molar-refractivity contribution >= 4 is 5.96 Å². The zero-order chi connectivity index (χ0) is 18.9. The third-order valence-corrected chi connectivity index (χ3v) is 2.85. The van der Waals surface area contributed by atoms with E-state index in [0.717, 1.165) is 6.07 Å². The van der Waals surface area contributed by atoms with Crippen molar-refractivity contribution in [3.05, 3.63) is 29.8 Å². The van der Waals surface area contributed by atoms with E-state index in [2.05, 4.69) is 15.6 Å². The Hall–Kier alpha value is -2.13. The van der Waals surface area contributed by atoms with Crippen molar-refractivity contribution in [2.75, 3.05) is 26.2 Å². The fourth-order valence-electron chi connectivity index (χ4n) is 1.79. The zero-order valence-corrected chi connectivity index (χ0v) is 13.5. The third kappa shape index (κ3) is 8.50. The minimum Gasteiger partial charge on any atom is -0.491 e. The van der Waals surface area contributed by atoms with Gasteiger partial charge in [-0.2, -0.15) is 26.3 Å². The Bertz CT molecular complexity index is 557. The fourth-order valence-corrected chi connectivity index (χ4v) is 1.79. The summed E-state index contributed by atoms with van der Waals surface area (Å²) in [5, 5.41) is 5.44. The topological polar surface area (TPSA) is 45.7 Å². The summed E-state index contributed by atoms with van der Waals surface area (Å²) in [7, 11) is 0. The van der Waals surface area contributed by atoms with Crippen LogP contribution in [0.2, 0.25) is 0 Å². The first-order valence-corrected chi connectivity index (χ1v) is 7.51. The van der Waals surface area contributed by atoms with E-state index < -0.39 is 30.9 Å². The van der Waals surface area contributed by atoms with Crippen molar-refractivity contribution in [3.63, 3.8) is 0 Å². The zero-order valence-electron chi connectivity index (χ0n) is 13.5. The molecule has 2 N–H and O–H groups in total. The van der Waals surface area contributed by atoms with Crippen molar-refractivity contribution in [1.82, 2.24) is 10.6 Å². The minimum absolute atomic E-state index is 0.0735. The number of alkyl halides is 6. The van der Waals surface area contributed by atoms with Crippen LogP contribution < -0.4 is 15.4 Å². The highest BCUT2D eigenvalue weighted by atomic mass is 19.4. The van der Waals surface area contributed by atoms with Crippen LogP contribution in [0.3, 0.4) is 0 Å². The van der Waals surface area contributed by atoms with Gasteiger partial charge in [-0.3, -0.25) is 4.99 Å². The van der Waals surface area contributed by atoms with Crippen LogP contribution in [0.5, 0.6) is 5.75 Å². The normalized spacial score (nSPS) is 12.8. The molecular formula is C15H19F6N3O. The summed E-state index contributed by atoms with van der Waals surface area (Å²) in [5.74, 6) is -0.171. The molecule has 4 nitrogen and oxygen atoms in total. The van der Waals surface area contributed by atoms with Gasteiger partial charge in [0.05, 0.1) is 25.1 Å². The number of rotatable bonds is 7. The Kier molecular flexibility index (Phi) is 7.85. The number of ether oxygens (including phenoxy) is 1. The fraction of sp³-hybridized carbons (Fsp3) is 0.533. The SMILES string of the molecule is CCNC(=NCCC(F)(F)F)NCCOc1ccccc1C(F)(F)F. The van der Waals surface area contributed by atoms with Crippen LogP contribution in [-0.4, -0.2) is 38.4 Å². The monoisotopic (exact) mass is 371 g/mol. The lowest BCUT2D eigenvalue weighted by molar-refractivity contribution is -0.139. The molecule has 0 aliphatic carbocycles. The summed E-state index contributed by atoms with van der Waals surface area (Å²) in [4.78, 5) is 3.74. The lowest BCUT2D eigenvalue weighted by Gasteiger charge is -2.15. The lowest BCUT2D eigenvalue weighted by Crippen LogP contribution is -2.39. The van der Waals surface area contributed by atoms with Crippen LogP contribution in [0.4, 0.5) is 26.3 Å². The van der Waals surface area contributed by atoms with Crippen LogP contribution in [-0.2, 0) is 6.18 Å². The van der Waals surface area contributed by atoms with E-state index in [-0.39, 0.29) is 24.9 Å². The number of halogens is 6. The van der Waals surface area contributed by atoms with E-state index in [1.54, 1.807) is 6.92 Å². The van der Waals surface area contributed by atoms with Crippen LogP contribution in [0.15, 0.2) is 29.3 Å². The van der Waals surface area contributed by atoms with Gasteiger partial charge >= 0.3 is 12.4 Å². The third-order valence-electron chi connectivity index (χ3n) is 2.85. The molecule has 0 saturated heterocycles. The number of nitrogens with one attached hydrogen (secondary N) is 2. The highest BCUT2D eigenvalue weighted by Crippen LogP contribution is 2.35. The molecule has 0 fully saturated rings. The Morgan fingerprint density at radius 2 is 1.76 bits per heavy atom. The van der Waals surface area contributed by atoms with Crippen molar-refractivity contribution in [2.24, 2.45) is 4.99 Å². The highest BCUT2D eigenvalue weighted by molar-refractivity contribution is 5.79. The smallest absolute Gasteiger partial charge is 0.419 e. The Morgan fingerprint density at radius 1 is 1.08 bits per heavy atom. The summed E-state index contributed by atoms with van der Waals surface area (Å²) in [5.41, 5.74) is -0.888. The molecule has 1 rings (SSSR count). The number of benzene rings is 1. The maximum Gasteiger partial charge on any atom is 0.419 e. The average Bonchev–Trinajstić information content (AvgIpc) is 2.49. The Labute approximate surface area is 141 Å². The molecule has 0 aliphatic heterocycles. The first-order valence-electron chi connectivity index (χ1n) is 7.51. The molecule has 0 saturated carbocycles. The molecule has 0 aromatic heterocycles. The van der Waals surface area contributed by atoms with Crippen molar-refractivity contribution in [1.29, 1.82) is 0 Å². The van der Waals surface area contributed by atoms with Gasteiger partial charge in [0.15, 0.2) is 5.96 Å². The van der Waals surface area contributed by atoms with E-state index in [1.807, 2.05) is 0 Å². The highest BCUT2D eigenvalue weighted by Gasteiger charge is 2.33. The number of guanidine groups is 1. The molecule has 0 spiro atoms.